The number of carbonyl (C=O) groups excluding carboxylic acids is 1. The minimum Gasteiger partial charge on any atom is -0.392 e. The van der Waals surface area contributed by atoms with Crippen LogP contribution in [0.15, 0.2) is 0 Å². The van der Waals surface area contributed by atoms with Crippen LogP contribution in [0.4, 0.5) is 4.79 Å². The molecule has 4 heteroatoms. The van der Waals surface area contributed by atoms with Crippen molar-refractivity contribution in [1.29, 1.82) is 0 Å². The topological polar surface area (TPSA) is 49.3 Å². The van der Waals surface area contributed by atoms with E-state index in [4.69, 9.17) is 0 Å². The molecular weight excluding hydrogens is 210 g/mol. The first-order valence-corrected chi connectivity index (χ1v) is 6.74. The Morgan fingerprint density at radius 2 is 2.20 bits per heavy atom. The summed E-state index contributed by atoms with van der Waals surface area (Å²) in [5, 5.41) is 12.7. The molecule has 15 heavy (non-hydrogen) atoms. The van der Waals surface area contributed by atoms with Gasteiger partial charge < -0.3 is 10.4 Å². The highest BCUT2D eigenvalue weighted by Crippen LogP contribution is 2.28. The van der Waals surface area contributed by atoms with Crippen molar-refractivity contribution in [3.8, 4) is 0 Å². The molecule has 3 nitrogen and oxygen atoms in total. The van der Waals surface area contributed by atoms with Crippen LogP contribution in [-0.2, 0) is 0 Å². The number of hydrogen-bond donors (Lipinski definition) is 2. The van der Waals surface area contributed by atoms with Crippen LogP contribution in [0.2, 0.25) is 0 Å². The van der Waals surface area contributed by atoms with Gasteiger partial charge in [-0.3, -0.25) is 4.79 Å². The third kappa shape index (κ3) is 4.89. The molecule has 1 saturated carbocycles. The lowest BCUT2D eigenvalue weighted by molar-refractivity contribution is 0.137. The molecule has 2 atom stereocenters. The van der Waals surface area contributed by atoms with Gasteiger partial charge in [0, 0.05) is 11.8 Å². The molecule has 0 aromatic rings. The van der Waals surface area contributed by atoms with Gasteiger partial charge in [0.05, 0.1) is 6.10 Å². The number of aliphatic hydroxyl groups excluding tert-OH is 1. The predicted molar refractivity (Wildman–Crippen MR) is 64.2 cm³/mol. The summed E-state index contributed by atoms with van der Waals surface area (Å²) < 4.78 is 0. The predicted octanol–water partition coefficient (Wildman–Crippen LogP) is 2.53. The second-order valence-electron chi connectivity index (χ2n) is 4.08. The van der Waals surface area contributed by atoms with E-state index in [-0.39, 0.29) is 16.6 Å². The van der Waals surface area contributed by atoms with Crippen LogP contribution in [0.25, 0.3) is 0 Å². The fourth-order valence-electron chi connectivity index (χ4n) is 1.76. The van der Waals surface area contributed by atoms with E-state index in [1.54, 1.807) is 0 Å². The number of hydrogen-bond acceptors (Lipinski definition) is 3. The Kier molecular flexibility index (Phi) is 6.10. The lowest BCUT2D eigenvalue weighted by Crippen LogP contribution is -2.31. The van der Waals surface area contributed by atoms with Crippen LogP contribution < -0.4 is 5.32 Å². The SMILES string of the molecule is CCCCNC(=O)SC1CCCCC1O. The Balaban J connectivity index is 2.18. The molecule has 2 N–H and O–H groups in total. The molecule has 0 radical (unpaired) electrons. The van der Waals surface area contributed by atoms with E-state index in [1.165, 1.54) is 11.8 Å². The molecule has 0 aliphatic heterocycles. The first kappa shape index (κ1) is 12.8. The smallest absolute Gasteiger partial charge is 0.279 e. The average molecular weight is 231 g/mol. The molecule has 1 aliphatic rings. The largest absolute Gasteiger partial charge is 0.392 e. The Labute approximate surface area is 96.0 Å². The second-order valence-corrected chi connectivity index (χ2v) is 5.29. The monoisotopic (exact) mass is 231 g/mol. The van der Waals surface area contributed by atoms with Crippen molar-refractivity contribution in [1.82, 2.24) is 5.32 Å². The van der Waals surface area contributed by atoms with Crippen LogP contribution in [0.3, 0.4) is 0 Å². The number of rotatable bonds is 4. The highest BCUT2D eigenvalue weighted by molar-refractivity contribution is 8.14. The zero-order chi connectivity index (χ0) is 11.1. The van der Waals surface area contributed by atoms with Gasteiger partial charge in [-0.05, 0) is 19.3 Å². The molecule has 1 rings (SSSR count). The number of amides is 1. The Morgan fingerprint density at radius 3 is 2.87 bits per heavy atom. The molecule has 0 spiro atoms. The number of aliphatic hydroxyl groups is 1. The van der Waals surface area contributed by atoms with Crippen molar-refractivity contribution in [3.05, 3.63) is 0 Å². The third-order valence-corrected chi connectivity index (χ3v) is 3.94. The van der Waals surface area contributed by atoms with Crippen molar-refractivity contribution in [2.75, 3.05) is 6.54 Å². The van der Waals surface area contributed by atoms with Crippen LogP contribution in [0.5, 0.6) is 0 Å². The minimum absolute atomic E-state index is 0.0226. The van der Waals surface area contributed by atoms with Crippen LogP contribution in [0.1, 0.15) is 45.4 Å². The highest BCUT2D eigenvalue weighted by Gasteiger charge is 2.25. The van der Waals surface area contributed by atoms with Gasteiger partial charge in [-0.2, -0.15) is 0 Å². The summed E-state index contributed by atoms with van der Waals surface area (Å²) in [6, 6.07) is 0. The second kappa shape index (κ2) is 7.12. The third-order valence-electron chi connectivity index (χ3n) is 2.73. The summed E-state index contributed by atoms with van der Waals surface area (Å²) in [4.78, 5) is 11.5. The summed E-state index contributed by atoms with van der Waals surface area (Å²) in [5.41, 5.74) is 0. The van der Waals surface area contributed by atoms with Crippen molar-refractivity contribution >= 4 is 17.0 Å². The van der Waals surface area contributed by atoms with Crippen molar-refractivity contribution in [2.24, 2.45) is 0 Å². The Morgan fingerprint density at radius 1 is 1.47 bits per heavy atom. The van der Waals surface area contributed by atoms with Crippen LogP contribution >= 0.6 is 11.8 Å². The summed E-state index contributed by atoms with van der Waals surface area (Å²) in [6.07, 6.45) is 5.87. The highest BCUT2D eigenvalue weighted by atomic mass is 32.2. The molecule has 0 saturated heterocycles. The quantitative estimate of drug-likeness (QED) is 0.731. The summed E-state index contributed by atoms with van der Waals surface area (Å²) in [5.74, 6) is 0. The van der Waals surface area contributed by atoms with Crippen LogP contribution in [0, 0.1) is 0 Å². The molecule has 2 unspecified atom stereocenters. The van der Waals surface area contributed by atoms with E-state index < -0.39 is 0 Å². The van der Waals surface area contributed by atoms with Gasteiger partial charge >= 0.3 is 0 Å². The van der Waals surface area contributed by atoms with Gasteiger partial charge in [0.25, 0.3) is 5.24 Å². The number of nitrogens with one attached hydrogen (secondary N) is 1. The summed E-state index contributed by atoms with van der Waals surface area (Å²) >= 11 is 1.28. The Bertz CT molecular complexity index is 199. The average Bonchev–Trinajstić information content (AvgIpc) is 2.22. The van der Waals surface area contributed by atoms with Crippen molar-refractivity contribution in [3.63, 3.8) is 0 Å². The van der Waals surface area contributed by atoms with E-state index in [0.29, 0.717) is 0 Å². The normalized spacial score (nSPS) is 26.3. The van der Waals surface area contributed by atoms with E-state index in [9.17, 15) is 9.90 Å². The molecule has 1 amide bonds. The number of thioether (sulfide) groups is 1. The van der Waals surface area contributed by atoms with Gasteiger partial charge in [0.1, 0.15) is 0 Å². The molecular formula is C11H21NO2S. The minimum atomic E-state index is -0.291. The summed E-state index contributed by atoms with van der Waals surface area (Å²) in [6.45, 7) is 2.86. The van der Waals surface area contributed by atoms with Crippen molar-refractivity contribution < 1.29 is 9.90 Å². The lowest BCUT2D eigenvalue weighted by Gasteiger charge is -2.26. The first-order chi connectivity index (χ1) is 7.24. The molecule has 0 aromatic carbocycles. The molecule has 88 valence electrons. The van der Waals surface area contributed by atoms with Gasteiger partial charge in [0.2, 0.25) is 0 Å². The lowest BCUT2D eigenvalue weighted by atomic mass is 9.97. The zero-order valence-corrected chi connectivity index (χ0v) is 10.2. The molecule has 0 heterocycles. The zero-order valence-electron chi connectivity index (χ0n) is 9.37. The van der Waals surface area contributed by atoms with E-state index >= 15 is 0 Å². The maximum atomic E-state index is 11.5. The van der Waals surface area contributed by atoms with Gasteiger partial charge in [-0.1, -0.05) is 37.9 Å². The Hall–Kier alpha value is -0.220. The maximum Gasteiger partial charge on any atom is 0.279 e. The standard InChI is InChI=1S/C11H21NO2S/c1-2-3-8-12-11(14)15-10-7-5-4-6-9(10)13/h9-10,13H,2-8H2,1H3,(H,12,14). The van der Waals surface area contributed by atoms with Crippen LogP contribution in [-0.4, -0.2) is 28.2 Å². The molecule has 0 bridgehead atoms. The van der Waals surface area contributed by atoms with E-state index in [1.807, 2.05) is 0 Å². The van der Waals surface area contributed by atoms with E-state index in [0.717, 1.165) is 45.1 Å². The first-order valence-electron chi connectivity index (χ1n) is 5.86. The molecule has 0 aromatic heterocycles. The number of carbonyl (C=O) groups is 1. The fourth-order valence-corrected chi connectivity index (χ4v) is 2.80. The summed E-state index contributed by atoms with van der Waals surface area (Å²) in [7, 11) is 0. The molecule has 1 fully saturated rings. The molecule has 1 aliphatic carbocycles. The van der Waals surface area contributed by atoms with Crippen molar-refractivity contribution in [2.45, 2.75) is 56.8 Å². The van der Waals surface area contributed by atoms with E-state index in [2.05, 4.69) is 12.2 Å². The van der Waals surface area contributed by atoms with Gasteiger partial charge in [-0.15, -0.1) is 0 Å². The number of unbranched alkanes of at least 4 members (excludes halogenated alkanes) is 1. The van der Waals surface area contributed by atoms with Gasteiger partial charge in [-0.25, -0.2) is 0 Å². The fraction of sp³-hybridized carbons (Fsp3) is 0.909. The van der Waals surface area contributed by atoms with Gasteiger partial charge in [0.15, 0.2) is 0 Å². The maximum absolute atomic E-state index is 11.5.